The van der Waals surface area contributed by atoms with E-state index >= 15 is 0 Å². The van der Waals surface area contributed by atoms with E-state index < -0.39 is 0 Å². The first-order chi connectivity index (χ1) is 14.0. The molecule has 5 rings (SSSR count). The fourth-order valence-electron chi connectivity index (χ4n) is 5.33. The smallest absolute Gasteiger partial charge is 0.237 e. The van der Waals surface area contributed by atoms with Gasteiger partial charge >= 0.3 is 0 Å². The van der Waals surface area contributed by atoms with Crippen molar-refractivity contribution in [3.8, 4) is 5.75 Å². The van der Waals surface area contributed by atoms with Gasteiger partial charge in [-0.05, 0) is 62.3 Å². The number of hydrogen-bond acceptors (Lipinski definition) is 4. The summed E-state index contributed by atoms with van der Waals surface area (Å²) in [5.41, 5.74) is 2.30. The number of hydrogen-bond donors (Lipinski definition) is 0. The normalized spacial score (nSPS) is 27.4. The second-order valence-corrected chi connectivity index (χ2v) is 8.47. The lowest BCUT2D eigenvalue weighted by Gasteiger charge is -2.19. The highest BCUT2D eigenvalue weighted by molar-refractivity contribution is 6.22. The molecule has 5 heteroatoms. The molecule has 0 unspecified atom stereocenters. The van der Waals surface area contributed by atoms with Crippen molar-refractivity contribution in [2.24, 2.45) is 23.7 Å². The summed E-state index contributed by atoms with van der Waals surface area (Å²) in [4.78, 5) is 39.4. The molecule has 4 atom stereocenters. The molecule has 0 aromatic heterocycles. The summed E-state index contributed by atoms with van der Waals surface area (Å²) in [5.74, 6) is 0.860. The van der Waals surface area contributed by atoms with Crippen molar-refractivity contribution in [2.75, 3.05) is 11.5 Å². The zero-order chi connectivity index (χ0) is 20.1. The van der Waals surface area contributed by atoms with Gasteiger partial charge in [0, 0.05) is 5.56 Å². The number of carbonyl (C=O) groups excluding carboxylic acids is 3. The Bertz CT molecular complexity index is 951. The highest BCUT2D eigenvalue weighted by Gasteiger charge is 2.61. The predicted octanol–water partition coefficient (Wildman–Crippen LogP) is 3.79. The number of amides is 2. The number of aryl methyl sites for hydroxylation is 1. The van der Waals surface area contributed by atoms with E-state index in [1.54, 1.807) is 36.4 Å². The molecule has 1 saturated heterocycles. The van der Waals surface area contributed by atoms with Crippen LogP contribution in [0.5, 0.6) is 5.75 Å². The lowest BCUT2D eigenvalue weighted by molar-refractivity contribution is -0.123. The number of imide groups is 1. The lowest BCUT2D eigenvalue weighted by Crippen LogP contribution is -2.32. The van der Waals surface area contributed by atoms with Crippen molar-refractivity contribution < 1.29 is 19.1 Å². The largest absolute Gasteiger partial charge is 0.485 e. The number of anilines is 1. The summed E-state index contributed by atoms with van der Waals surface area (Å²) in [5, 5.41) is 0. The lowest BCUT2D eigenvalue weighted by atomic mass is 9.81. The molecule has 3 fully saturated rings. The third kappa shape index (κ3) is 2.96. The molecule has 3 aliphatic rings. The van der Waals surface area contributed by atoms with Crippen molar-refractivity contribution in [1.29, 1.82) is 0 Å². The Kier molecular flexibility index (Phi) is 4.26. The van der Waals surface area contributed by atoms with E-state index in [9.17, 15) is 14.4 Å². The molecular formula is C24H23NO4. The Labute approximate surface area is 169 Å². The van der Waals surface area contributed by atoms with Crippen LogP contribution in [0, 0.1) is 30.6 Å². The van der Waals surface area contributed by atoms with Gasteiger partial charge in [-0.15, -0.1) is 0 Å². The summed E-state index contributed by atoms with van der Waals surface area (Å²) in [6.45, 7) is 1.91. The first-order valence-electron chi connectivity index (χ1n) is 10.2. The minimum Gasteiger partial charge on any atom is -0.485 e. The summed E-state index contributed by atoms with van der Waals surface area (Å²) in [6.07, 6.45) is 3.17. The Morgan fingerprint density at radius 2 is 1.52 bits per heavy atom. The first kappa shape index (κ1) is 18.1. The zero-order valence-electron chi connectivity index (χ0n) is 16.3. The number of nitrogens with zero attached hydrogens (tertiary/aromatic N) is 1. The summed E-state index contributed by atoms with van der Waals surface area (Å²) in [7, 11) is 0. The van der Waals surface area contributed by atoms with Crippen molar-refractivity contribution in [1.82, 2.24) is 0 Å². The molecule has 2 saturated carbocycles. The van der Waals surface area contributed by atoms with Gasteiger partial charge in [-0.1, -0.05) is 29.8 Å². The van der Waals surface area contributed by atoms with Gasteiger partial charge in [-0.25, -0.2) is 0 Å². The van der Waals surface area contributed by atoms with Gasteiger partial charge in [-0.3, -0.25) is 19.3 Å². The van der Waals surface area contributed by atoms with Gasteiger partial charge in [0.1, 0.15) is 5.75 Å². The summed E-state index contributed by atoms with van der Waals surface area (Å²) >= 11 is 0. The molecule has 29 heavy (non-hydrogen) atoms. The Hall–Kier alpha value is -2.95. The molecule has 2 aromatic rings. The fourth-order valence-corrected chi connectivity index (χ4v) is 5.33. The van der Waals surface area contributed by atoms with Crippen LogP contribution in [0.1, 0.15) is 35.2 Å². The fraction of sp³-hybridized carbons (Fsp3) is 0.375. The van der Waals surface area contributed by atoms with Crippen LogP contribution in [0.25, 0.3) is 0 Å². The van der Waals surface area contributed by atoms with Crippen LogP contribution in [-0.2, 0) is 9.59 Å². The predicted molar refractivity (Wildman–Crippen MR) is 108 cm³/mol. The summed E-state index contributed by atoms with van der Waals surface area (Å²) < 4.78 is 5.60. The van der Waals surface area contributed by atoms with Crippen LogP contribution >= 0.6 is 0 Å². The van der Waals surface area contributed by atoms with Gasteiger partial charge in [0.05, 0.1) is 17.5 Å². The van der Waals surface area contributed by atoms with Crippen molar-refractivity contribution in [3.63, 3.8) is 0 Å². The number of benzene rings is 2. The molecule has 2 aliphatic carbocycles. The topological polar surface area (TPSA) is 63.7 Å². The van der Waals surface area contributed by atoms with E-state index in [-0.39, 0.29) is 36.0 Å². The number of fused-ring (bicyclic) bond motifs is 5. The van der Waals surface area contributed by atoms with Gasteiger partial charge in [0.2, 0.25) is 11.8 Å². The molecule has 2 amide bonds. The van der Waals surface area contributed by atoms with Crippen molar-refractivity contribution in [3.05, 3.63) is 59.7 Å². The van der Waals surface area contributed by atoms with Gasteiger partial charge < -0.3 is 4.74 Å². The van der Waals surface area contributed by atoms with Gasteiger partial charge in [0.15, 0.2) is 12.4 Å². The third-order valence-corrected chi connectivity index (χ3v) is 6.77. The van der Waals surface area contributed by atoms with Crippen LogP contribution in [-0.4, -0.2) is 24.2 Å². The quantitative estimate of drug-likeness (QED) is 0.577. The number of Topliss-reactive ketones (excluding diaryl/α,β-unsaturated/α-hetero) is 1. The van der Waals surface area contributed by atoms with Crippen molar-refractivity contribution in [2.45, 2.75) is 26.2 Å². The van der Waals surface area contributed by atoms with E-state index in [4.69, 9.17) is 4.74 Å². The first-order valence-corrected chi connectivity index (χ1v) is 10.2. The maximum absolute atomic E-state index is 12.9. The average molecular weight is 389 g/mol. The Balaban J connectivity index is 1.26. The summed E-state index contributed by atoms with van der Waals surface area (Å²) in [6, 6.07) is 14.2. The maximum atomic E-state index is 12.9. The van der Waals surface area contributed by atoms with Crippen LogP contribution in [0.15, 0.2) is 48.5 Å². The minimum atomic E-state index is -0.121. The number of rotatable bonds is 5. The standard InChI is InChI=1S/C24H23NO4/c1-14-2-4-15(5-3-14)20(26)13-29-19-10-8-18(9-11-19)25-23(27)21-16-6-7-17(12-16)22(21)24(25)28/h2-5,8-11,16-17,21-22H,6-7,12-13H2,1H3/t16-,17-,21-,22-/m0/s1. The number of carbonyl (C=O) groups is 3. The zero-order valence-corrected chi connectivity index (χ0v) is 16.3. The molecule has 0 spiro atoms. The molecule has 0 N–H and O–H groups in total. The molecule has 148 valence electrons. The van der Waals surface area contributed by atoms with Gasteiger partial charge in [0.25, 0.3) is 0 Å². The highest BCUT2D eigenvalue weighted by atomic mass is 16.5. The monoisotopic (exact) mass is 389 g/mol. The van der Waals surface area contributed by atoms with E-state index in [2.05, 4.69) is 0 Å². The Morgan fingerprint density at radius 3 is 2.10 bits per heavy atom. The third-order valence-electron chi connectivity index (χ3n) is 6.77. The number of ketones is 1. The van der Waals surface area contributed by atoms with Crippen LogP contribution in [0.3, 0.4) is 0 Å². The van der Waals surface area contributed by atoms with E-state index in [0.29, 0.717) is 28.8 Å². The second-order valence-electron chi connectivity index (χ2n) is 8.47. The van der Waals surface area contributed by atoms with E-state index in [0.717, 1.165) is 24.8 Å². The average Bonchev–Trinajstić information content (AvgIpc) is 3.41. The number of ether oxygens (including phenoxy) is 1. The second kappa shape index (κ2) is 6.83. The SMILES string of the molecule is Cc1ccc(C(=O)COc2ccc(N3C(=O)[C@H]4[C@H]5CC[C@@H](C5)[C@@H]4C3=O)cc2)cc1. The van der Waals surface area contributed by atoms with Gasteiger partial charge in [-0.2, -0.15) is 0 Å². The molecule has 1 aliphatic heterocycles. The van der Waals surface area contributed by atoms with E-state index in [1.165, 1.54) is 4.90 Å². The molecule has 2 aromatic carbocycles. The molecule has 2 bridgehead atoms. The Morgan fingerprint density at radius 1 is 0.931 bits per heavy atom. The van der Waals surface area contributed by atoms with Crippen LogP contribution in [0.4, 0.5) is 5.69 Å². The molecule has 5 nitrogen and oxygen atoms in total. The maximum Gasteiger partial charge on any atom is 0.237 e. The molecular weight excluding hydrogens is 366 g/mol. The highest BCUT2D eigenvalue weighted by Crippen LogP contribution is 2.56. The van der Waals surface area contributed by atoms with Crippen molar-refractivity contribution >= 4 is 23.3 Å². The minimum absolute atomic E-state index is 0.0459. The molecule has 1 heterocycles. The van der Waals surface area contributed by atoms with E-state index in [1.807, 2.05) is 19.1 Å². The van der Waals surface area contributed by atoms with Crippen LogP contribution in [0.2, 0.25) is 0 Å². The molecule has 0 radical (unpaired) electrons. The van der Waals surface area contributed by atoms with Crippen LogP contribution < -0.4 is 9.64 Å².